The number of esters is 1. The molecule has 7 heteroatoms. The minimum absolute atomic E-state index is 0.0389. The summed E-state index contributed by atoms with van der Waals surface area (Å²) in [5.41, 5.74) is 1.98. The maximum absolute atomic E-state index is 11.7. The lowest BCUT2D eigenvalue weighted by molar-refractivity contribution is -0.119. The second-order valence-electron chi connectivity index (χ2n) is 4.42. The van der Waals surface area contributed by atoms with Crippen molar-refractivity contribution in [2.24, 2.45) is 0 Å². The van der Waals surface area contributed by atoms with E-state index in [9.17, 15) is 9.59 Å². The van der Waals surface area contributed by atoms with Crippen molar-refractivity contribution in [3.05, 3.63) is 46.3 Å². The number of ether oxygens (including phenoxy) is 1. The molecule has 1 aromatic heterocycles. The first kappa shape index (κ1) is 15.1. The van der Waals surface area contributed by atoms with Crippen molar-refractivity contribution in [1.82, 2.24) is 5.16 Å². The summed E-state index contributed by atoms with van der Waals surface area (Å²) in [6.45, 7) is 3.07. The van der Waals surface area contributed by atoms with Crippen molar-refractivity contribution >= 4 is 29.2 Å². The van der Waals surface area contributed by atoms with Crippen LogP contribution in [0.4, 0.5) is 5.69 Å². The van der Waals surface area contributed by atoms with Crippen molar-refractivity contribution in [1.29, 1.82) is 0 Å². The molecule has 1 aromatic carbocycles. The molecular weight excluding hydrogens is 296 g/mol. The fourth-order valence-electron chi connectivity index (χ4n) is 1.62. The van der Waals surface area contributed by atoms with Crippen LogP contribution in [-0.2, 0) is 9.53 Å². The number of nitrogens with zero attached hydrogens (tertiary/aromatic N) is 1. The third kappa shape index (κ3) is 4.06. The quantitative estimate of drug-likeness (QED) is 0.878. The SMILES string of the molecule is Cc1cc(C(=O)OCC(=O)Nc2ccc(Cl)cc2C)on1. The summed E-state index contributed by atoms with van der Waals surface area (Å²) in [6.07, 6.45) is 0. The molecule has 21 heavy (non-hydrogen) atoms. The van der Waals surface area contributed by atoms with Gasteiger partial charge in [-0.25, -0.2) is 4.79 Å². The molecule has 0 spiro atoms. The normalized spacial score (nSPS) is 10.2. The van der Waals surface area contributed by atoms with Gasteiger partial charge in [0.05, 0.1) is 5.69 Å². The van der Waals surface area contributed by atoms with Crippen molar-refractivity contribution in [2.75, 3.05) is 11.9 Å². The Morgan fingerprint density at radius 2 is 2.10 bits per heavy atom. The Hall–Kier alpha value is -2.34. The predicted molar refractivity (Wildman–Crippen MR) is 76.3 cm³/mol. The first-order chi connectivity index (χ1) is 9.95. The zero-order chi connectivity index (χ0) is 15.4. The van der Waals surface area contributed by atoms with Gasteiger partial charge in [0.2, 0.25) is 5.76 Å². The van der Waals surface area contributed by atoms with Crippen molar-refractivity contribution in [2.45, 2.75) is 13.8 Å². The van der Waals surface area contributed by atoms with Gasteiger partial charge in [0.1, 0.15) is 0 Å². The van der Waals surface area contributed by atoms with E-state index in [0.717, 1.165) is 5.56 Å². The fraction of sp³-hybridized carbons (Fsp3) is 0.214. The van der Waals surface area contributed by atoms with E-state index < -0.39 is 18.5 Å². The predicted octanol–water partition coefficient (Wildman–Crippen LogP) is 2.74. The van der Waals surface area contributed by atoms with Gasteiger partial charge in [-0.05, 0) is 37.6 Å². The molecule has 0 atom stereocenters. The number of carbonyl (C=O) groups is 2. The van der Waals surface area contributed by atoms with Crippen LogP contribution in [0.5, 0.6) is 0 Å². The molecule has 6 nitrogen and oxygen atoms in total. The largest absolute Gasteiger partial charge is 0.450 e. The standard InChI is InChI=1S/C14H13ClN2O4/c1-8-5-10(15)3-4-11(8)16-13(18)7-20-14(19)12-6-9(2)17-21-12/h3-6H,7H2,1-2H3,(H,16,18). The highest BCUT2D eigenvalue weighted by Gasteiger charge is 2.15. The average molecular weight is 309 g/mol. The lowest BCUT2D eigenvalue weighted by atomic mass is 10.2. The van der Waals surface area contributed by atoms with E-state index in [1.165, 1.54) is 6.07 Å². The number of hydrogen-bond acceptors (Lipinski definition) is 5. The molecule has 0 unspecified atom stereocenters. The van der Waals surface area contributed by atoms with Crippen LogP contribution in [0.2, 0.25) is 5.02 Å². The highest BCUT2D eigenvalue weighted by atomic mass is 35.5. The molecule has 2 rings (SSSR count). The van der Waals surface area contributed by atoms with Crippen molar-refractivity contribution in [3.63, 3.8) is 0 Å². The Morgan fingerprint density at radius 3 is 2.71 bits per heavy atom. The lowest BCUT2D eigenvalue weighted by Gasteiger charge is -2.08. The van der Waals surface area contributed by atoms with Crippen LogP contribution >= 0.6 is 11.6 Å². The third-order valence-electron chi connectivity index (χ3n) is 2.63. The monoisotopic (exact) mass is 308 g/mol. The second-order valence-corrected chi connectivity index (χ2v) is 4.85. The minimum atomic E-state index is -0.737. The van der Waals surface area contributed by atoms with E-state index in [0.29, 0.717) is 16.4 Å². The molecule has 2 aromatic rings. The topological polar surface area (TPSA) is 81.4 Å². The van der Waals surface area contributed by atoms with E-state index in [1.807, 2.05) is 6.92 Å². The van der Waals surface area contributed by atoms with Gasteiger partial charge >= 0.3 is 5.97 Å². The molecule has 0 saturated carbocycles. The molecule has 0 fully saturated rings. The number of halogens is 1. The van der Waals surface area contributed by atoms with Gasteiger partial charge in [0.15, 0.2) is 6.61 Å². The molecule has 0 aliphatic carbocycles. The van der Waals surface area contributed by atoms with E-state index in [-0.39, 0.29) is 5.76 Å². The number of carbonyl (C=O) groups excluding carboxylic acids is 2. The fourth-order valence-corrected chi connectivity index (χ4v) is 1.84. The van der Waals surface area contributed by atoms with Gasteiger partial charge in [-0.1, -0.05) is 16.8 Å². The Labute approximate surface area is 126 Å². The van der Waals surface area contributed by atoms with Gasteiger partial charge in [0, 0.05) is 16.8 Å². The molecular formula is C14H13ClN2O4. The number of anilines is 1. The summed E-state index contributed by atoms with van der Waals surface area (Å²) in [5.74, 6) is -1.23. The van der Waals surface area contributed by atoms with E-state index >= 15 is 0 Å². The molecule has 0 radical (unpaired) electrons. The number of rotatable bonds is 4. The summed E-state index contributed by atoms with van der Waals surface area (Å²) in [4.78, 5) is 23.3. The van der Waals surface area contributed by atoms with Crippen LogP contribution in [0.15, 0.2) is 28.8 Å². The second kappa shape index (κ2) is 6.41. The van der Waals surface area contributed by atoms with Gasteiger partial charge in [-0.3, -0.25) is 4.79 Å². The Kier molecular flexibility index (Phi) is 4.59. The van der Waals surface area contributed by atoms with Gasteiger partial charge in [0.25, 0.3) is 5.91 Å². The zero-order valence-corrected chi connectivity index (χ0v) is 12.2. The smallest absolute Gasteiger partial charge is 0.377 e. The van der Waals surface area contributed by atoms with Crippen LogP contribution in [0.1, 0.15) is 21.8 Å². The summed E-state index contributed by atoms with van der Waals surface area (Å²) >= 11 is 5.83. The first-order valence-electron chi connectivity index (χ1n) is 6.12. The van der Waals surface area contributed by atoms with Crippen LogP contribution in [-0.4, -0.2) is 23.6 Å². The summed E-state index contributed by atoms with van der Waals surface area (Å²) in [5, 5.41) is 6.77. The number of benzene rings is 1. The Morgan fingerprint density at radius 1 is 1.33 bits per heavy atom. The maximum Gasteiger partial charge on any atom is 0.377 e. The van der Waals surface area contributed by atoms with Crippen LogP contribution in [0.3, 0.4) is 0 Å². The van der Waals surface area contributed by atoms with Gasteiger partial charge in [-0.2, -0.15) is 0 Å². The Bertz CT molecular complexity index is 681. The summed E-state index contributed by atoms with van der Waals surface area (Å²) in [6, 6.07) is 6.49. The van der Waals surface area contributed by atoms with E-state index in [4.69, 9.17) is 20.9 Å². The highest BCUT2D eigenvalue weighted by Crippen LogP contribution is 2.19. The minimum Gasteiger partial charge on any atom is -0.450 e. The zero-order valence-electron chi connectivity index (χ0n) is 11.5. The van der Waals surface area contributed by atoms with Crippen molar-refractivity contribution in [3.8, 4) is 0 Å². The third-order valence-corrected chi connectivity index (χ3v) is 2.86. The molecule has 0 aliphatic rings. The number of aromatic nitrogens is 1. The van der Waals surface area contributed by atoms with Gasteiger partial charge < -0.3 is 14.6 Å². The first-order valence-corrected chi connectivity index (χ1v) is 6.50. The summed E-state index contributed by atoms with van der Waals surface area (Å²) < 4.78 is 9.57. The molecule has 1 amide bonds. The molecule has 0 bridgehead atoms. The van der Waals surface area contributed by atoms with Crippen LogP contribution in [0.25, 0.3) is 0 Å². The lowest BCUT2D eigenvalue weighted by Crippen LogP contribution is -2.21. The molecule has 110 valence electrons. The molecule has 1 N–H and O–H groups in total. The van der Waals surface area contributed by atoms with Gasteiger partial charge in [-0.15, -0.1) is 0 Å². The summed E-state index contributed by atoms with van der Waals surface area (Å²) in [7, 11) is 0. The number of hydrogen-bond donors (Lipinski definition) is 1. The Balaban J connectivity index is 1.89. The number of aryl methyl sites for hydroxylation is 2. The van der Waals surface area contributed by atoms with Crippen LogP contribution < -0.4 is 5.32 Å². The number of nitrogens with one attached hydrogen (secondary N) is 1. The highest BCUT2D eigenvalue weighted by molar-refractivity contribution is 6.30. The van der Waals surface area contributed by atoms with E-state index in [2.05, 4.69) is 10.5 Å². The van der Waals surface area contributed by atoms with Crippen molar-refractivity contribution < 1.29 is 18.8 Å². The van der Waals surface area contributed by atoms with E-state index in [1.54, 1.807) is 25.1 Å². The molecule has 0 aliphatic heterocycles. The number of amides is 1. The average Bonchev–Trinajstić information content (AvgIpc) is 2.86. The molecule has 1 heterocycles. The van der Waals surface area contributed by atoms with Crippen LogP contribution in [0, 0.1) is 13.8 Å². The maximum atomic E-state index is 11.7. The molecule has 0 saturated heterocycles.